The molecule has 0 saturated carbocycles. The first-order chi connectivity index (χ1) is 8.11. The van der Waals surface area contributed by atoms with Crippen LogP contribution >= 0.6 is 11.6 Å². The molecule has 0 aliphatic heterocycles. The Balaban J connectivity index is 2.28. The van der Waals surface area contributed by atoms with E-state index in [9.17, 15) is 4.39 Å². The van der Waals surface area contributed by atoms with Gasteiger partial charge in [0.25, 0.3) is 0 Å². The molecule has 2 rings (SSSR count). The minimum atomic E-state index is -0.410. The van der Waals surface area contributed by atoms with Crippen LogP contribution in [0.1, 0.15) is 16.8 Å². The summed E-state index contributed by atoms with van der Waals surface area (Å²) < 4.78 is 15.0. The van der Waals surface area contributed by atoms with Crippen molar-refractivity contribution in [1.82, 2.24) is 9.78 Å². The molecule has 0 unspecified atom stereocenters. The van der Waals surface area contributed by atoms with Crippen LogP contribution in [0.25, 0.3) is 0 Å². The number of benzene rings is 1. The molecular formula is C12H13ClFN3. The summed E-state index contributed by atoms with van der Waals surface area (Å²) in [7, 11) is 0. The van der Waals surface area contributed by atoms with Gasteiger partial charge in [0.1, 0.15) is 5.82 Å². The van der Waals surface area contributed by atoms with Gasteiger partial charge in [0.2, 0.25) is 0 Å². The van der Waals surface area contributed by atoms with E-state index in [1.807, 2.05) is 13.1 Å². The molecule has 0 aliphatic rings. The van der Waals surface area contributed by atoms with E-state index in [1.165, 1.54) is 6.07 Å². The number of rotatable bonds is 3. The second kappa shape index (κ2) is 4.85. The SMILES string of the molecule is Cc1nn(Cc2cccc(F)c2Cl)cc1CN. The number of nitrogens with zero attached hydrogens (tertiary/aromatic N) is 2. The van der Waals surface area contributed by atoms with Gasteiger partial charge in [-0.15, -0.1) is 0 Å². The summed E-state index contributed by atoms with van der Waals surface area (Å²) in [6, 6.07) is 4.76. The first kappa shape index (κ1) is 12.1. The Morgan fingerprint density at radius 2 is 2.18 bits per heavy atom. The summed E-state index contributed by atoms with van der Waals surface area (Å²) >= 11 is 5.88. The van der Waals surface area contributed by atoms with Gasteiger partial charge in [0.05, 0.1) is 17.3 Å². The molecule has 0 spiro atoms. The van der Waals surface area contributed by atoms with Crippen LogP contribution < -0.4 is 5.73 Å². The number of halogens is 2. The van der Waals surface area contributed by atoms with Crippen molar-refractivity contribution >= 4 is 11.6 Å². The lowest BCUT2D eigenvalue weighted by Gasteiger charge is -2.04. The number of hydrogen-bond donors (Lipinski definition) is 1. The molecule has 1 heterocycles. The summed E-state index contributed by atoms with van der Waals surface area (Å²) in [5, 5.41) is 4.45. The molecule has 2 aromatic rings. The van der Waals surface area contributed by atoms with Crippen molar-refractivity contribution in [2.24, 2.45) is 5.73 Å². The second-order valence-corrected chi connectivity index (χ2v) is 4.23. The third kappa shape index (κ3) is 2.48. The highest BCUT2D eigenvalue weighted by molar-refractivity contribution is 6.31. The van der Waals surface area contributed by atoms with Gasteiger partial charge in [-0.3, -0.25) is 4.68 Å². The number of nitrogens with two attached hydrogens (primary N) is 1. The van der Waals surface area contributed by atoms with Crippen molar-refractivity contribution in [3.05, 3.63) is 52.1 Å². The van der Waals surface area contributed by atoms with Crippen molar-refractivity contribution in [2.45, 2.75) is 20.0 Å². The van der Waals surface area contributed by atoms with Crippen molar-refractivity contribution in [3.63, 3.8) is 0 Å². The molecule has 0 saturated heterocycles. The van der Waals surface area contributed by atoms with Gasteiger partial charge in [0, 0.05) is 18.3 Å². The average molecular weight is 254 g/mol. The molecule has 2 N–H and O–H groups in total. The van der Waals surface area contributed by atoms with Gasteiger partial charge in [-0.1, -0.05) is 23.7 Å². The van der Waals surface area contributed by atoms with Gasteiger partial charge in [-0.2, -0.15) is 5.10 Å². The van der Waals surface area contributed by atoms with Gasteiger partial charge in [-0.05, 0) is 18.6 Å². The lowest BCUT2D eigenvalue weighted by molar-refractivity contribution is 0.619. The average Bonchev–Trinajstić information content (AvgIpc) is 2.65. The van der Waals surface area contributed by atoms with E-state index in [1.54, 1.807) is 16.8 Å². The fourth-order valence-corrected chi connectivity index (χ4v) is 1.87. The number of aromatic nitrogens is 2. The van der Waals surface area contributed by atoms with Crippen LogP contribution in [0.15, 0.2) is 24.4 Å². The van der Waals surface area contributed by atoms with Gasteiger partial charge >= 0.3 is 0 Å². The van der Waals surface area contributed by atoms with Crippen molar-refractivity contribution in [3.8, 4) is 0 Å². The number of aryl methyl sites for hydroxylation is 1. The maximum atomic E-state index is 13.3. The maximum absolute atomic E-state index is 13.3. The Labute approximate surface area is 104 Å². The molecule has 3 nitrogen and oxygen atoms in total. The highest BCUT2D eigenvalue weighted by Crippen LogP contribution is 2.20. The van der Waals surface area contributed by atoms with Crippen molar-refractivity contribution in [2.75, 3.05) is 0 Å². The third-order valence-electron chi connectivity index (χ3n) is 2.63. The third-order valence-corrected chi connectivity index (χ3v) is 3.06. The fraction of sp³-hybridized carbons (Fsp3) is 0.250. The summed E-state index contributed by atoms with van der Waals surface area (Å²) in [4.78, 5) is 0. The lowest BCUT2D eigenvalue weighted by atomic mass is 10.2. The summed E-state index contributed by atoms with van der Waals surface area (Å²) in [5.74, 6) is -0.410. The molecule has 0 amide bonds. The van der Waals surface area contributed by atoms with Crippen LogP contribution in [0.5, 0.6) is 0 Å². The second-order valence-electron chi connectivity index (χ2n) is 3.85. The monoisotopic (exact) mass is 253 g/mol. The summed E-state index contributed by atoms with van der Waals surface area (Å²) in [6.45, 7) is 2.78. The normalized spacial score (nSPS) is 10.8. The van der Waals surface area contributed by atoms with Crippen LogP contribution in [-0.4, -0.2) is 9.78 Å². The fourth-order valence-electron chi connectivity index (χ4n) is 1.69. The van der Waals surface area contributed by atoms with E-state index in [0.29, 0.717) is 18.7 Å². The lowest BCUT2D eigenvalue weighted by Crippen LogP contribution is -2.02. The Hall–Kier alpha value is -1.39. The van der Waals surface area contributed by atoms with E-state index >= 15 is 0 Å². The van der Waals surface area contributed by atoms with Crippen molar-refractivity contribution in [1.29, 1.82) is 0 Å². The molecule has 0 atom stereocenters. The van der Waals surface area contributed by atoms with Crippen LogP contribution in [0.2, 0.25) is 5.02 Å². The predicted molar refractivity (Wildman–Crippen MR) is 65.4 cm³/mol. The molecule has 17 heavy (non-hydrogen) atoms. The molecule has 0 fully saturated rings. The first-order valence-electron chi connectivity index (χ1n) is 5.27. The summed E-state index contributed by atoms with van der Waals surface area (Å²) in [5.41, 5.74) is 8.15. The topological polar surface area (TPSA) is 43.8 Å². The quantitative estimate of drug-likeness (QED) is 0.913. The van der Waals surface area contributed by atoms with Crippen LogP contribution in [0.4, 0.5) is 4.39 Å². The molecule has 0 bridgehead atoms. The Kier molecular flexibility index (Phi) is 3.45. The van der Waals surface area contributed by atoms with E-state index in [-0.39, 0.29) is 5.02 Å². The zero-order valence-electron chi connectivity index (χ0n) is 9.45. The summed E-state index contributed by atoms with van der Waals surface area (Å²) in [6.07, 6.45) is 1.86. The Morgan fingerprint density at radius 3 is 2.82 bits per heavy atom. The highest BCUT2D eigenvalue weighted by Gasteiger charge is 2.08. The van der Waals surface area contributed by atoms with Gasteiger partial charge < -0.3 is 5.73 Å². The largest absolute Gasteiger partial charge is 0.326 e. The van der Waals surface area contributed by atoms with E-state index in [0.717, 1.165) is 11.3 Å². The molecule has 90 valence electrons. The maximum Gasteiger partial charge on any atom is 0.142 e. The highest BCUT2D eigenvalue weighted by atomic mass is 35.5. The Bertz CT molecular complexity index is 537. The van der Waals surface area contributed by atoms with E-state index < -0.39 is 5.82 Å². The predicted octanol–water partition coefficient (Wildman–Crippen LogP) is 2.49. The van der Waals surface area contributed by atoms with Crippen LogP contribution in [-0.2, 0) is 13.1 Å². The standard InChI is InChI=1S/C12H13ClFN3/c1-8-10(5-15)7-17(16-8)6-9-3-2-4-11(14)12(9)13/h2-4,7H,5-6,15H2,1H3. The molecular weight excluding hydrogens is 241 g/mol. The first-order valence-corrected chi connectivity index (χ1v) is 5.65. The Morgan fingerprint density at radius 1 is 1.41 bits per heavy atom. The molecule has 0 aliphatic carbocycles. The van der Waals surface area contributed by atoms with Crippen molar-refractivity contribution < 1.29 is 4.39 Å². The van der Waals surface area contributed by atoms with E-state index in [2.05, 4.69) is 5.10 Å². The molecule has 1 aromatic carbocycles. The molecule has 1 aromatic heterocycles. The van der Waals surface area contributed by atoms with Crippen LogP contribution in [0, 0.1) is 12.7 Å². The van der Waals surface area contributed by atoms with Gasteiger partial charge in [0.15, 0.2) is 0 Å². The molecule has 0 radical (unpaired) electrons. The molecule has 5 heteroatoms. The minimum absolute atomic E-state index is 0.148. The zero-order valence-corrected chi connectivity index (χ0v) is 10.2. The van der Waals surface area contributed by atoms with Gasteiger partial charge in [-0.25, -0.2) is 4.39 Å². The minimum Gasteiger partial charge on any atom is -0.326 e. The van der Waals surface area contributed by atoms with E-state index in [4.69, 9.17) is 17.3 Å². The van der Waals surface area contributed by atoms with Crippen LogP contribution in [0.3, 0.4) is 0 Å². The smallest absolute Gasteiger partial charge is 0.142 e. The zero-order chi connectivity index (χ0) is 12.4. The number of hydrogen-bond acceptors (Lipinski definition) is 2.